The molecule has 1 fully saturated rings. The van der Waals surface area contributed by atoms with E-state index in [-0.39, 0.29) is 30.7 Å². The molecular weight excluding hydrogens is 330 g/mol. The maximum absolute atomic E-state index is 12.6. The number of carbonyl (C=O) groups excluding carboxylic acids is 3. The van der Waals surface area contributed by atoms with E-state index < -0.39 is 6.04 Å². The van der Waals surface area contributed by atoms with Gasteiger partial charge in [-0.25, -0.2) is 0 Å². The minimum absolute atomic E-state index is 0.00378. The lowest BCUT2D eigenvalue weighted by molar-refractivity contribution is -0.145. The third-order valence-corrected chi connectivity index (χ3v) is 4.22. The summed E-state index contributed by atoms with van der Waals surface area (Å²) in [6.45, 7) is 2.32. The molecule has 2 aromatic rings. The molecule has 0 spiro atoms. The lowest BCUT2D eigenvalue weighted by Crippen LogP contribution is -2.58. The molecule has 26 heavy (non-hydrogen) atoms. The fourth-order valence-corrected chi connectivity index (χ4v) is 2.88. The molecule has 2 N–H and O–H groups in total. The number of hydrogen-bond donors (Lipinski definition) is 2. The maximum Gasteiger partial charge on any atom is 0.246 e. The summed E-state index contributed by atoms with van der Waals surface area (Å²) in [4.78, 5) is 38.3. The fraction of sp³-hybridized carbons (Fsp3) is 0.250. The third kappa shape index (κ3) is 4.47. The van der Waals surface area contributed by atoms with Crippen molar-refractivity contribution in [3.8, 4) is 0 Å². The lowest BCUT2D eigenvalue weighted by atomic mass is 10.1. The minimum Gasteiger partial charge on any atom is -0.342 e. The molecule has 1 aliphatic heterocycles. The molecule has 1 aliphatic rings. The number of rotatable bonds is 5. The second kappa shape index (κ2) is 7.82. The summed E-state index contributed by atoms with van der Waals surface area (Å²) in [6, 6.07) is 16.0. The highest BCUT2D eigenvalue weighted by Crippen LogP contribution is 2.13. The summed E-state index contributed by atoms with van der Waals surface area (Å²) in [5.74, 6) is -0.810. The molecule has 134 valence electrons. The molecule has 1 heterocycles. The van der Waals surface area contributed by atoms with Crippen LogP contribution < -0.4 is 10.6 Å². The van der Waals surface area contributed by atoms with Crippen LogP contribution in [0.15, 0.2) is 54.6 Å². The predicted octanol–water partition coefficient (Wildman–Crippen LogP) is 1.85. The van der Waals surface area contributed by atoms with Gasteiger partial charge < -0.3 is 15.5 Å². The van der Waals surface area contributed by atoms with E-state index in [1.807, 2.05) is 49.4 Å². The summed E-state index contributed by atoms with van der Waals surface area (Å²) in [5, 5.41) is 5.37. The van der Waals surface area contributed by atoms with E-state index in [9.17, 15) is 14.4 Å². The molecule has 6 nitrogen and oxygen atoms in total. The van der Waals surface area contributed by atoms with E-state index in [4.69, 9.17) is 0 Å². The van der Waals surface area contributed by atoms with Crippen molar-refractivity contribution in [2.24, 2.45) is 0 Å². The SMILES string of the molecule is Cc1ccc(NC(=O)C[C@H]2NC(=O)CN(Cc3ccccc3)C2=O)cc1. The van der Waals surface area contributed by atoms with Gasteiger partial charge in [0.25, 0.3) is 0 Å². The summed E-state index contributed by atoms with van der Waals surface area (Å²) in [7, 11) is 0. The van der Waals surface area contributed by atoms with Gasteiger partial charge in [-0.2, -0.15) is 0 Å². The average Bonchev–Trinajstić information content (AvgIpc) is 2.62. The number of nitrogens with one attached hydrogen (secondary N) is 2. The molecule has 6 heteroatoms. The standard InChI is InChI=1S/C20H21N3O3/c1-14-7-9-16(10-8-14)21-18(24)11-17-20(26)23(13-19(25)22-17)12-15-5-3-2-4-6-15/h2-10,17H,11-13H2,1H3,(H,21,24)(H,22,25)/t17-/m1/s1. The van der Waals surface area contributed by atoms with Crippen LogP contribution in [0, 0.1) is 6.92 Å². The normalized spacial score (nSPS) is 17.0. The van der Waals surface area contributed by atoms with Crippen LogP contribution in [0.3, 0.4) is 0 Å². The van der Waals surface area contributed by atoms with Gasteiger partial charge >= 0.3 is 0 Å². The minimum atomic E-state index is -0.842. The van der Waals surface area contributed by atoms with Gasteiger partial charge in [-0.15, -0.1) is 0 Å². The molecule has 0 unspecified atom stereocenters. The van der Waals surface area contributed by atoms with Crippen molar-refractivity contribution in [1.82, 2.24) is 10.2 Å². The molecule has 0 bridgehead atoms. The fourth-order valence-electron chi connectivity index (χ4n) is 2.88. The largest absolute Gasteiger partial charge is 0.342 e. The highest BCUT2D eigenvalue weighted by atomic mass is 16.2. The van der Waals surface area contributed by atoms with Gasteiger partial charge in [0.1, 0.15) is 6.04 Å². The molecule has 0 saturated carbocycles. The number of carbonyl (C=O) groups is 3. The maximum atomic E-state index is 12.6. The highest BCUT2D eigenvalue weighted by Gasteiger charge is 2.33. The van der Waals surface area contributed by atoms with Crippen molar-refractivity contribution in [3.05, 3.63) is 65.7 Å². The first-order valence-electron chi connectivity index (χ1n) is 8.50. The third-order valence-electron chi connectivity index (χ3n) is 4.22. The molecule has 1 atom stereocenters. The first-order valence-corrected chi connectivity index (χ1v) is 8.50. The zero-order chi connectivity index (χ0) is 18.5. The van der Waals surface area contributed by atoms with E-state index in [1.165, 1.54) is 4.90 Å². The van der Waals surface area contributed by atoms with E-state index in [2.05, 4.69) is 10.6 Å². The van der Waals surface area contributed by atoms with Crippen LogP contribution in [0.1, 0.15) is 17.5 Å². The van der Waals surface area contributed by atoms with E-state index in [1.54, 1.807) is 12.1 Å². The summed E-state index contributed by atoms with van der Waals surface area (Å²) < 4.78 is 0. The van der Waals surface area contributed by atoms with Gasteiger partial charge in [0.15, 0.2) is 0 Å². The highest BCUT2D eigenvalue weighted by molar-refractivity contribution is 6.00. The van der Waals surface area contributed by atoms with Gasteiger partial charge in [-0.3, -0.25) is 14.4 Å². The van der Waals surface area contributed by atoms with Crippen molar-refractivity contribution in [1.29, 1.82) is 0 Å². The average molecular weight is 351 g/mol. The molecule has 0 radical (unpaired) electrons. The topological polar surface area (TPSA) is 78.5 Å². The Labute approximate surface area is 152 Å². The van der Waals surface area contributed by atoms with Crippen molar-refractivity contribution in [3.63, 3.8) is 0 Å². The van der Waals surface area contributed by atoms with E-state index >= 15 is 0 Å². The molecule has 3 amide bonds. The van der Waals surface area contributed by atoms with E-state index in [0.29, 0.717) is 12.2 Å². The van der Waals surface area contributed by atoms with Crippen LogP contribution in [-0.2, 0) is 20.9 Å². The Morgan fingerprint density at radius 3 is 2.50 bits per heavy atom. The second-order valence-corrected chi connectivity index (χ2v) is 6.42. The summed E-state index contributed by atoms with van der Waals surface area (Å²) in [6.07, 6.45) is -0.0935. The van der Waals surface area contributed by atoms with Crippen LogP contribution >= 0.6 is 0 Å². The van der Waals surface area contributed by atoms with E-state index in [0.717, 1.165) is 11.1 Å². The molecule has 2 aromatic carbocycles. The quantitative estimate of drug-likeness (QED) is 0.863. The summed E-state index contributed by atoms with van der Waals surface area (Å²) >= 11 is 0. The number of aryl methyl sites for hydroxylation is 1. The number of benzene rings is 2. The number of amides is 3. The molecule has 0 aliphatic carbocycles. The second-order valence-electron chi connectivity index (χ2n) is 6.42. The van der Waals surface area contributed by atoms with Crippen molar-refractivity contribution < 1.29 is 14.4 Å². The van der Waals surface area contributed by atoms with Gasteiger partial charge in [0, 0.05) is 12.2 Å². The molecule has 3 rings (SSSR count). The number of hydrogen-bond acceptors (Lipinski definition) is 3. The van der Waals surface area contributed by atoms with Gasteiger partial charge in [0.2, 0.25) is 17.7 Å². The molecular formula is C20H21N3O3. The van der Waals surface area contributed by atoms with Gasteiger partial charge in [-0.05, 0) is 24.6 Å². The lowest BCUT2D eigenvalue weighted by Gasteiger charge is -2.32. The number of anilines is 1. The number of piperazine rings is 1. The Morgan fingerprint density at radius 1 is 1.12 bits per heavy atom. The zero-order valence-electron chi connectivity index (χ0n) is 14.6. The van der Waals surface area contributed by atoms with Gasteiger partial charge in [-0.1, -0.05) is 48.0 Å². The van der Waals surface area contributed by atoms with Crippen LogP contribution in [0.4, 0.5) is 5.69 Å². The Hall–Kier alpha value is -3.15. The first-order chi connectivity index (χ1) is 12.5. The van der Waals surface area contributed by atoms with Crippen molar-refractivity contribution in [2.45, 2.75) is 25.9 Å². The Balaban J connectivity index is 1.62. The van der Waals surface area contributed by atoms with Crippen LogP contribution in [0.5, 0.6) is 0 Å². The van der Waals surface area contributed by atoms with Crippen LogP contribution in [0.2, 0.25) is 0 Å². The number of nitrogens with zero attached hydrogens (tertiary/aromatic N) is 1. The smallest absolute Gasteiger partial charge is 0.246 e. The molecule has 0 aromatic heterocycles. The first kappa shape index (κ1) is 17.7. The summed E-state index contributed by atoms with van der Waals surface area (Å²) in [5.41, 5.74) is 2.70. The van der Waals surface area contributed by atoms with Crippen LogP contribution in [0.25, 0.3) is 0 Å². The van der Waals surface area contributed by atoms with Gasteiger partial charge in [0.05, 0.1) is 13.0 Å². The predicted molar refractivity (Wildman–Crippen MR) is 98.2 cm³/mol. The van der Waals surface area contributed by atoms with Crippen LogP contribution in [-0.4, -0.2) is 35.2 Å². The van der Waals surface area contributed by atoms with Crippen molar-refractivity contribution >= 4 is 23.4 Å². The molecule has 1 saturated heterocycles. The Bertz CT molecular complexity index is 803. The Kier molecular flexibility index (Phi) is 5.31. The monoisotopic (exact) mass is 351 g/mol. The van der Waals surface area contributed by atoms with Crippen molar-refractivity contribution in [2.75, 3.05) is 11.9 Å². The Morgan fingerprint density at radius 2 is 1.81 bits per heavy atom. The zero-order valence-corrected chi connectivity index (χ0v) is 14.6.